The van der Waals surface area contributed by atoms with Gasteiger partial charge in [-0.2, -0.15) is 5.10 Å². The molecule has 0 aliphatic rings. The van der Waals surface area contributed by atoms with Crippen molar-refractivity contribution in [3.8, 4) is 17.1 Å². The molecule has 3 rings (SSSR count). The summed E-state index contributed by atoms with van der Waals surface area (Å²) in [5.41, 5.74) is 5.29. The summed E-state index contributed by atoms with van der Waals surface area (Å²) in [5.74, 6) is 0.236. The second kappa shape index (κ2) is 12.3. The molecule has 9 nitrogen and oxygen atoms in total. The number of furan rings is 1. The third kappa shape index (κ3) is 7.56. The van der Waals surface area contributed by atoms with Gasteiger partial charge in [-0.3, -0.25) is 9.59 Å². The largest absolute Gasteiger partial charge is 0.483 e. The zero-order valence-electron chi connectivity index (χ0n) is 20.7. The molecule has 1 aromatic heterocycles. The normalized spacial score (nSPS) is 10.9. The number of para-hydroxylation sites is 1. The third-order valence-corrected chi connectivity index (χ3v) is 4.94. The highest BCUT2D eigenvalue weighted by Gasteiger charge is 2.12. The van der Waals surface area contributed by atoms with Crippen molar-refractivity contribution in [2.75, 3.05) is 13.2 Å². The predicted molar refractivity (Wildman–Crippen MR) is 135 cm³/mol. The van der Waals surface area contributed by atoms with Gasteiger partial charge in [0.05, 0.1) is 24.4 Å². The Bertz CT molecular complexity index is 1240. The van der Waals surface area contributed by atoms with Gasteiger partial charge in [-0.05, 0) is 63.1 Å². The Kier molecular flexibility index (Phi) is 8.99. The molecule has 9 heteroatoms. The van der Waals surface area contributed by atoms with E-state index in [1.54, 1.807) is 50.2 Å². The monoisotopic (exact) mass is 491 g/mol. The summed E-state index contributed by atoms with van der Waals surface area (Å²) >= 11 is 0. The first kappa shape index (κ1) is 26.2. The molecule has 0 unspecified atom stereocenters. The van der Waals surface area contributed by atoms with Gasteiger partial charge in [0.25, 0.3) is 11.8 Å². The van der Waals surface area contributed by atoms with Crippen LogP contribution in [0.5, 0.6) is 5.75 Å². The van der Waals surface area contributed by atoms with Crippen molar-refractivity contribution < 1.29 is 28.3 Å². The Hall–Kier alpha value is -4.40. The number of rotatable bonds is 10. The lowest BCUT2D eigenvalue weighted by Gasteiger charge is -2.11. The van der Waals surface area contributed by atoms with Crippen LogP contribution in [0.2, 0.25) is 0 Å². The van der Waals surface area contributed by atoms with E-state index >= 15 is 0 Å². The number of hydrogen-bond donors (Lipinski definition) is 2. The van der Waals surface area contributed by atoms with Gasteiger partial charge < -0.3 is 19.2 Å². The van der Waals surface area contributed by atoms with Crippen molar-refractivity contribution in [1.29, 1.82) is 0 Å². The van der Waals surface area contributed by atoms with Gasteiger partial charge in [-0.15, -0.1) is 0 Å². The fourth-order valence-corrected chi connectivity index (χ4v) is 3.26. The minimum absolute atomic E-state index is 0.201. The van der Waals surface area contributed by atoms with Gasteiger partial charge in [0.2, 0.25) is 0 Å². The molecule has 2 aromatic carbocycles. The van der Waals surface area contributed by atoms with Crippen molar-refractivity contribution in [3.05, 3.63) is 77.0 Å². The van der Waals surface area contributed by atoms with Crippen LogP contribution < -0.4 is 15.5 Å². The van der Waals surface area contributed by atoms with Gasteiger partial charge in [-0.25, -0.2) is 10.2 Å². The first-order valence-electron chi connectivity index (χ1n) is 11.4. The maximum atomic E-state index is 12.1. The molecule has 3 aromatic rings. The Morgan fingerprint density at radius 1 is 1.00 bits per heavy atom. The Morgan fingerprint density at radius 2 is 1.72 bits per heavy atom. The zero-order chi connectivity index (χ0) is 26.1. The quantitative estimate of drug-likeness (QED) is 0.253. The van der Waals surface area contributed by atoms with E-state index < -0.39 is 17.8 Å². The number of aryl methyl sites for hydroxylation is 2. The van der Waals surface area contributed by atoms with Crippen LogP contribution in [0.25, 0.3) is 11.3 Å². The van der Waals surface area contributed by atoms with Crippen LogP contribution in [0.4, 0.5) is 0 Å². The van der Waals surface area contributed by atoms with Gasteiger partial charge >= 0.3 is 5.97 Å². The van der Waals surface area contributed by atoms with Gasteiger partial charge in [0.15, 0.2) is 6.61 Å². The van der Waals surface area contributed by atoms with E-state index in [0.717, 1.165) is 11.1 Å². The molecule has 0 aliphatic heterocycles. The minimum Gasteiger partial charge on any atom is -0.483 e. The van der Waals surface area contributed by atoms with E-state index in [0.29, 0.717) is 28.4 Å². The molecular formula is C27H29N3O6. The Balaban J connectivity index is 1.46. The molecule has 0 atom stereocenters. The molecular weight excluding hydrogens is 462 g/mol. The average Bonchev–Trinajstić information content (AvgIpc) is 3.31. The maximum absolute atomic E-state index is 12.1. The highest BCUT2D eigenvalue weighted by molar-refractivity contribution is 5.91. The fraction of sp³-hybridized carbons (Fsp3) is 0.259. The van der Waals surface area contributed by atoms with Crippen molar-refractivity contribution in [1.82, 2.24) is 10.7 Å². The number of carbonyl (C=O) groups is 3. The highest BCUT2D eigenvalue weighted by Crippen LogP contribution is 2.23. The topological polar surface area (TPSA) is 119 Å². The first-order chi connectivity index (χ1) is 17.2. The maximum Gasteiger partial charge on any atom is 0.338 e. The molecule has 2 N–H and O–H groups in total. The zero-order valence-corrected chi connectivity index (χ0v) is 20.7. The standard InChI is InChI=1S/C27H29N3O6/c1-17(2)35-27(33)21-10-6-9-20(13-21)23-12-11-22(36-23)14-29-30-24(31)15-28-25(32)16-34-26-18(3)7-5-8-19(26)4/h5-14,17H,15-16H2,1-4H3,(H,28,32)(H,30,31)/b29-14-. The first-order valence-corrected chi connectivity index (χ1v) is 11.4. The number of hydrogen-bond acceptors (Lipinski definition) is 7. The number of hydrazone groups is 1. The lowest BCUT2D eigenvalue weighted by atomic mass is 10.1. The smallest absolute Gasteiger partial charge is 0.338 e. The highest BCUT2D eigenvalue weighted by atomic mass is 16.5. The predicted octanol–water partition coefficient (Wildman–Crippen LogP) is 3.77. The molecule has 1 heterocycles. The van der Waals surface area contributed by atoms with Crippen molar-refractivity contribution in [2.45, 2.75) is 33.8 Å². The molecule has 2 amide bonds. The molecule has 0 radical (unpaired) electrons. The van der Waals surface area contributed by atoms with E-state index in [9.17, 15) is 14.4 Å². The molecule has 0 saturated heterocycles. The summed E-state index contributed by atoms with van der Waals surface area (Å²) in [5, 5.41) is 6.33. The summed E-state index contributed by atoms with van der Waals surface area (Å²) < 4.78 is 16.5. The lowest BCUT2D eigenvalue weighted by Crippen LogP contribution is -2.37. The number of benzene rings is 2. The van der Waals surface area contributed by atoms with Crippen LogP contribution in [0.3, 0.4) is 0 Å². The number of amides is 2. The lowest BCUT2D eigenvalue weighted by molar-refractivity contribution is -0.127. The van der Waals surface area contributed by atoms with Gasteiger partial charge in [-0.1, -0.05) is 30.3 Å². The summed E-state index contributed by atoms with van der Waals surface area (Å²) in [7, 11) is 0. The Morgan fingerprint density at radius 3 is 2.44 bits per heavy atom. The summed E-state index contributed by atoms with van der Waals surface area (Å²) in [4.78, 5) is 36.1. The third-order valence-electron chi connectivity index (χ3n) is 4.94. The van der Waals surface area contributed by atoms with Crippen LogP contribution in [0, 0.1) is 13.8 Å². The van der Waals surface area contributed by atoms with Crippen LogP contribution >= 0.6 is 0 Å². The Labute approximate surface area is 209 Å². The second-order valence-corrected chi connectivity index (χ2v) is 8.32. The molecule has 0 spiro atoms. The second-order valence-electron chi connectivity index (χ2n) is 8.32. The number of ether oxygens (including phenoxy) is 2. The van der Waals surface area contributed by atoms with Crippen LogP contribution in [0.1, 0.15) is 41.1 Å². The van der Waals surface area contributed by atoms with Crippen LogP contribution in [-0.4, -0.2) is 43.3 Å². The molecule has 0 bridgehead atoms. The number of esters is 1. The fourth-order valence-electron chi connectivity index (χ4n) is 3.26. The molecule has 36 heavy (non-hydrogen) atoms. The van der Waals surface area contributed by atoms with E-state index in [1.807, 2.05) is 32.0 Å². The van der Waals surface area contributed by atoms with Crippen LogP contribution in [-0.2, 0) is 14.3 Å². The van der Waals surface area contributed by atoms with E-state index in [1.165, 1.54) is 6.21 Å². The number of carbonyl (C=O) groups excluding carboxylic acids is 3. The van der Waals surface area contributed by atoms with E-state index in [-0.39, 0.29) is 19.3 Å². The van der Waals surface area contributed by atoms with Gasteiger partial charge in [0.1, 0.15) is 17.3 Å². The molecule has 0 aliphatic carbocycles. The SMILES string of the molecule is Cc1cccc(C)c1OCC(=O)NCC(=O)N/N=C\c1ccc(-c2cccc(C(=O)OC(C)C)c2)o1. The van der Waals surface area contributed by atoms with Crippen molar-refractivity contribution in [2.24, 2.45) is 5.10 Å². The van der Waals surface area contributed by atoms with Crippen molar-refractivity contribution >= 4 is 24.0 Å². The van der Waals surface area contributed by atoms with Crippen LogP contribution in [0.15, 0.2) is 64.1 Å². The number of nitrogens with zero attached hydrogens (tertiary/aromatic N) is 1. The van der Waals surface area contributed by atoms with E-state index in [4.69, 9.17) is 13.9 Å². The van der Waals surface area contributed by atoms with Gasteiger partial charge in [0, 0.05) is 5.56 Å². The van der Waals surface area contributed by atoms with Crippen molar-refractivity contribution in [3.63, 3.8) is 0 Å². The summed E-state index contributed by atoms with van der Waals surface area (Å²) in [6, 6.07) is 16.0. The minimum atomic E-state index is -0.505. The summed E-state index contributed by atoms with van der Waals surface area (Å²) in [6.07, 6.45) is 1.12. The molecule has 0 saturated carbocycles. The summed E-state index contributed by atoms with van der Waals surface area (Å²) in [6.45, 7) is 6.91. The number of nitrogens with one attached hydrogen (secondary N) is 2. The molecule has 0 fully saturated rings. The molecule has 188 valence electrons. The van der Waals surface area contributed by atoms with E-state index in [2.05, 4.69) is 15.8 Å². The average molecular weight is 492 g/mol.